The Kier molecular flexibility index (Phi) is 9.07. The Hall–Kier alpha value is -1.89. The summed E-state index contributed by atoms with van der Waals surface area (Å²) in [5.74, 6) is 4.71. The van der Waals surface area contributed by atoms with Gasteiger partial charge in [-0.05, 0) is 35.0 Å². The lowest BCUT2D eigenvalue weighted by molar-refractivity contribution is -0.106. The number of hydrogen-bond donors (Lipinski definition) is 1. The van der Waals surface area contributed by atoms with E-state index in [4.69, 9.17) is 5.84 Å². The molecule has 1 aromatic rings. The molecular weight excluding hydrogens is 314 g/mol. The Morgan fingerprint density at radius 1 is 1.47 bits per heavy atom. The van der Waals surface area contributed by atoms with Crippen molar-refractivity contribution in [2.45, 2.75) is 6.92 Å². The number of ether oxygens (including phenoxy) is 1. The monoisotopic (exact) mass is 329 g/mol. The zero-order chi connectivity index (χ0) is 14.7. The topological polar surface area (TPSA) is 85.0 Å². The first kappa shape index (κ1) is 17.1. The van der Waals surface area contributed by atoms with Crippen LogP contribution in [0.5, 0.6) is 0 Å². The second-order valence-corrected chi connectivity index (χ2v) is 4.36. The third-order valence-electron chi connectivity index (χ3n) is 1.90. The molecule has 7 heteroatoms. The number of nitrogens with zero attached hydrogens (tertiary/aromatic N) is 2. The number of benzene rings is 1. The average molecular weight is 330 g/mol. The first-order valence-corrected chi connectivity index (χ1v) is 6.10. The van der Waals surface area contributed by atoms with Crippen molar-refractivity contribution in [2.75, 3.05) is 18.6 Å². The van der Waals surface area contributed by atoms with Gasteiger partial charge in [-0.1, -0.05) is 18.2 Å². The van der Waals surface area contributed by atoms with E-state index in [0.717, 1.165) is 4.62 Å². The summed E-state index contributed by atoms with van der Waals surface area (Å²) in [6, 6.07) is 8.88. The molecule has 2 N–H and O–H groups in total. The second-order valence-electron chi connectivity index (χ2n) is 3.21. The maximum absolute atomic E-state index is 11.2. The molecule has 0 radical (unpaired) electrons. The summed E-state index contributed by atoms with van der Waals surface area (Å²) < 4.78 is 5.27. The van der Waals surface area contributed by atoms with Crippen molar-refractivity contribution in [3.05, 3.63) is 30.3 Å². The fourth-order valence-electron chi connectivity index (χ4n) is 1.08. The smallest absolute Gasteiger partial charge is 0.414 e. The zero-order valence-electron chi connectivity index (χ0n) is 10.7. The first-order valence-electron chi connectivity index (χ1n) is 5.31. The quantitative estimate of drug-likeness (QED) is 0.398. The molecule has 0 aromatic heterocycles. The van der Waals surface area contributed by atoms with E-state index in [1.165, 1.54) is 12.0 Å². The van der Waals surface area contributed by atoms with E-state index < -0.39 is 6.09 Å². The molecule has 1 rings (SSSR count). The van der Waals surface area contributed by atoms with Gasteiger partial charge in [0.2, 0.25) is 0 Å². The van der Waals surface area contributed by atoms with E-state index in [9.17, 15) is 9.59 Å². The molecule has 0 bridgehead atoms. The average Bonchev–Trinajstić information content (AvgIpc) is 2.45. The lowest BCUT2D eigenvalue weighted by atomic mass is 10.3. The van der Waals surface area contributed by atoms with E-state index in [2.05, 4.69) is 25.8 Å². The molecule has 1 amide bonds. The van der Waals surface area contributed by atoms with E-state index in [1.54, 1.807) is 31.2 Å². The van der Waals surface area contributed by atoms with Crippen LogP contribution in [0.2, 0.25) is 0 Å². The molecule has 0 heterocycles. The number of hydrogen-bond acceptors (Lipinski definition) is 5. The molecule has 0 spiro atoms. The molecule has 1 aromatic carbocycles. The molecule has 0 saturated carbocycles. The SMILES string of the molecule is CC(Br)=NN.COC(=O)N(CC=O)c1ccccc1. The van der Waals surface area contributed by atoms with Crippen LogP contribution >= 0.6 is 15.9 Å². The maximum atomic E-state index is 11.2. The van der Waals surface area contributed by atoms with E-state index in [-0.39, 0.29) is 6.54 Å². The Bertz CT molecular complexity index is 419. The van der Waals surface area contributed by atoms with Gasteiger partial charge in [-0.3, -0.25) is 4.90 Å². The van der Waals surface area contributed by atoms with Crippen molar-refractivity contribution in [2.24, 2.45) is 10.9 Å². The Morgan fingerprint density at radius 2 is 2.00 bits per heavy atom. The Balaban J connectivity index is 0.000000555. The minimum atomic E-state index is -0.539. The third-order valence-corrected chi connectivity index (χ3v) is 2.10. The molecule has 6 nitrogen and oxygen atoms in total. The van der Waals surface area contributed by atoms with Gasteiger partial charge in [0.25, 0.3) is 0 Å². The fourth-order valence-corrected chi connectivity index (χ4v) is 1.08. The number of aldehydes is 1. The normalized spacial score (nSPS) is 9.95. The lowest BCUT2D eigenvalue weighted by Crippen LogP contribution is -2.32. The van der Waals surface area contributed by atoms with Crippen molar-refractivity contribution in [3.8, 4) is 0 Å². The number of hydrazone groups is 1. The highest BCUT2D eigenvalue weighted by Gasteiger charge is 2.14. The molecule has 0 fully saturated rings. The van der Waals surface area contributed by atoms with Gasteiger partial charge >= 0.3 is 6.09 Å². The van der Waals surface area contributed by atoms with Crippen LogP contribution in [0.25, 0.3) is 0 Å². The van der Waals surface area contributed by atoms with Gasteiger partial charge in [-0.25, -0.2) is 4.79 Å². The molecule has 0 aliphatic heterocycles. The van der Waals surface area contributed by atoms with Gasteiger partial charge in [0.05, 0.1) is 18.3 Å². The summed E-state index contributed by atoms with van der Waals surface area (Å²) in [5.41, 5.74) is 0.645. The highest BCUT2D eigenvalue weighted by atomic mass is 79.9. The highest BCUT2D eigenvalue weighted by molar-refractivity contribution is 9.18. The van der Waals surface area contributed by atoms with Crippen LogP contribution in [0.1, 0.15) is 6.92 Å². The maximum Gasteiger partial charge on any atom is 0.414 e. The van der Waals surface area contributed by atoms with Crippen LogP contribution in [-0.4, -0.2) is 30.7 Å². The van der Waals surface area contributed by atoms with Gasteiger partial charge < -0.3 is 15.4 Å². The predicted molar refractivity (Wildman–Crippen MR) is 78.5 cm³/mol. The number of amides is 1. The first-order chi connectivity index (χ1) is 9.06. The second kappa shape index (κ2) is 10.1. The van der Waals surface area contributed by atoms with Crippen LogP contribution in [-0.2, 0) is 9.53 Å². The lowest BCUT2D eigenvalue weighted by Gasteiger charge is -2.17. The predicted octanol–water partition coefficient (Wildman–Crippen LogP) is 2.13. The number of carbonyl (C=O) groups is 2. The number of nitrogens with two attached hydrogens (primary N) is 1. The standard InChI is InChI=1S/C10H11NO3.C2H5BrN2/c1-14-10(13)11(7-8-12)9-5-3-2-4-6-9;1-2(3)5-4/h2-6,8H,7H2,1H3;4H2,1H3. The van der Waals surface area contributed by atoms with Crippen molar-refractivity contribution in [3.63, 3.8) is 0 Å². The minimum absolute atomic E-state index is 0.00329. The van der Waals surface area contributed by atoms with Crippen molar-refractivity contribution in [1.29, 1.82) is 0 Å². The van der Waals surface area contributed by atoms with Crippen molar-refractivity contribution >= 4 is 38.6 Å². The van der Waals surface area contributed by atoms with Crippen LogP contribution in [0.15, 0.2) is 35.4 Å². The molecule has 0 aliphatic carbocycles. The number of methoxy groups -OCH3 is 1. The summed E-state index contributed by atoms with van der Waals surface area (Å²) in [6.07, 6.45) is 0.118. The number of anilines is 1. The van der Waals surface area contributed by atoms with Gasteiger partial charge in [-0.2, -0.15) is 5.10 Å². The van der Waals surface area contributed by atoms with Crippen molar-refractivity contribution < 1.29 is 14.3 Å². The summed E-state index contributed by atoms with van der Waals surface area (Å²) in [4.78, 5) is 22.9. The number of halogens is 1. The van der Waals surface area contributed by atoms with Gasteiger partial charge in [0, 0.05) is 5.69 Å². The van der Waals surface area contributed by atoms with Crippen LogP contribution < -0.4 is 10.7 Å². The highest BCUT2D eigenvalue weighted by Crippen LogP contribution is 2.13. The molecule has 0 unspecified atom stereocenters. The number of para-hydroxylation sites is 1. The Morgan fingerprint density at radius 3 is 2.37 bits per heavy atom. The van der Waals surface area contributed by atoms with Crippen molar-refractivity contribution in [1.82, 2.24) is 0 Å². The molecule has 104 valence electrons. The largest absolute Gasteiger partial charge is 0.452 e. The van der Waals surface area contributed by atoms with Gasteiger partial charge in [-0.15, -0.1) is 0 Å². The minimum Gasteiger partial charge on any atom is -0.452 e. The fraction of sp³-hybridized carbons (Fsp3) is 0.250. The molecule has 0 atom stereocenters. The van der Waals surface area contributed by atoms with Crippen LogP contribution in [0, 0.1) is 0 Å². The molecule has 19 heavy (non-hydrogen) atoms. The van der Waals surface area contributed by atoms with E-state index in [1.807, 2.05) is 6.07 Å². The molecule has 0 saturated heterocycles. The summed E-state index contributed by atoms with van der Waals surface area (Å²) in [7, 11) is 1.28. The van der Waals surface area contributed by atoms with Gasteiger partial charge in [0.15, 0.2) is 0 Å². The van der Waals surface area contributed by atoms with Crippen LogP contribution in [0.4, 0.5) is 10.5 Å². The van der Waals surface area contributed by atoms with Crippen LogP contribution in [0.3, 0.4) is 0 Å². The Labute approximate surface area is 120 Å². The van der Waals surface area contributed by atoms with Gasteiger partial charge in [0.1, 0.15) is 6.29 Å². The molecule has 0 aliphatic rings. The summed E-state index contributed by atoms with van der Waals surface area (Å²) >= 11 is 3.00. The summed E-state index contributed by atoms with van der Waals surface area (Å²) in [5, 5.41) is 3.22. The molecular formula is C12H16BrN3O3. The zero-order valence-corrected chi connectivity index (χ0v) is 12.3. The van der Waals surface area contributed by atoms with E-state index >= 15 is 0 Å². The number of carbonyl (C=O) groups excluding carboxylic acids is 2. The van der Waals surface area contributed by atoms with E-state index in [0.29, 0.717) is 12.0 Å². The summed E-state index contributed by atoms with van der Waals surface area (Å²) in [6.45, 7) is 1.76. The number of rotatable bonds is 3. The third kappa shape index (κ3) is 7.20.